The van der Waals surface area contributed by atoms with Crippen LogP contribution in [0.4, 0.5) is 0 Å². The summed E-state index contributed by atoms with van der Waals surface area (Å²) in [6.45, 7) is 5.12. The summed E-state index contributed by atoms with van der Waals surface area (Å²) in [6.07, 6.45) is 2.10. The van der Waals surface area contributed by atoms with Crippen molar-refractivity contribution >= 4 is 20.2 Å². The molecule has 0 rings (SSSR count). The van der Waals surface area contributed by atoms with Crippen LogP contribution in [-0.4, -0.2) is 60.4 Å². The molecule has 0 aromatic rings. The normalized spacial score (nSPS) is 12.5. The lowest BCUT2D eigenvalue weighted by Crippen LogP contribution is -2.03. The van der Waals surface area contributed by atoms with Crippen molar-refractivity contribution in [2.45, 2.75) is 52.6 Å². The smallest absolute Gasteiger partial charge is 0.264 e. The maximum Gasteiger partial charge on any atom is 0.264 e. The number of rotatable bonds is 7. The Bertz CT molecular complexity index is 364. The summed E-state index contributed by atoms with van der Waals surface area (Å²) in [6, 6.07) is 0. The lowest BCUT2D eigenvalue weighted by molar-refractivity contribution is 0.110. The summed E-state index contributed by atoms with van der Waals surface area (Å²) in [5.41, 5.74) is 0. The molecule has 0 amide bonds. The highest BCUT2D eigenvalue weighted by Crippen LogP contribution is 1.91. The number of aliphatic hydroxyl groups is 2. The van der Waals surface area contributed by atoms with Gasteiger partial charge in [0.2, 0.25) is 0 Å². The minimum Gasteiger partial charge on any atom is -0.394 e. The van der Waals surface area contributed by atoms with Crippen LogP contribution in [0.2, 0.25) is 0 Å². The van der Waals surface area contributed by atoms with Gasteiger partial charge in [-0.3, -0.25) is 9.11 Å². The van der Waals surface area contributed by atoms with E-state index in [1.165, 1.54) is 6.92 Å². The van der Waals surface area contributed by atoms with Crippen molar-refractivity contribution in [2.75, 3.05) is 18.1 Å². The van der Waals surface area contributed by atoms with E-state index in [9.17, 15) is 16.8 Å². The van der Waals surface area contributed by atoms with Crippen LogP contribution in [0.5, 0.6) is 0 Å². The van der Waals surface area contributed by atoms with Gasteiger partial charge >= 0.3 is 0 Å². The van der Waals surface area contributed by atoms with Gasteiger partial charge in [0.1, 0.15) is 0 Å². The zero-order chi connectivity index (χ0) is 17.5. The lowest BCUT2D eigenvalue weighted by Gasteiger charge is -1.90. The van der Waals surface area contributed by atoms with Crippen LogP contribution in [0.25, 0.3) is 0 Å². The molecule has 0 radical (unpaired) electrons. The van der Waals surface area contributed by atoms with E-state index in [-0.39, 0.29) is 18.1 Å². The molecule has 0 spiro atoms. The zero-order valence-electron chi connectivity index (χ0n) is 12.8. The number of aliphatic hydroxyl groups excluding tert-OH is 2. The van der Waals surface area contributed by atoms with E-state index in [4.69, 9.17) is 19.3 Å². The van der Waals surface area contributed by atoms with Crippen molar-refractivity contribution < 1.29 is 36.2 Å². The van der Waals surface area contributed by atoms with Crippen LogP contribution < -0.4 is 0 Å². The molecule has 132 valence electrons. The summed E-state index contributed by atoms with van der Waals surface area (Å²) >= 11 is 0. The second-order valence-corrected chi connectivity index (χ2v) is 7.45. The fraction of sp³-hybridized carbons (Fsp3) is 1.00. The first-order valence-corrected chi connectivity index (χ1v) is 9.80. The Labute approximate surface area is 127 Å². The van der Waals surface area contributed by atoms with Crippen LogP contribution >= 0.6 is 0 Å². The van der Waals surface area contributed by atoms with Crippen LogP contribution in [0.3, 0.4) is 0 Å². The van der Waals surface area contributed by atoms with Gasteiger partial charge < -0.3 is 10.2 Å². The predicted molar refractivity (Wildman–Crippen MR) is 81.4 cm³/mol. The Balaban J connectivity index is -0.000000239. The van der Waals surface area contributed by atoms with Gasteiger partial charge in [-0.15, -0.1) is 0 Å². The van der Waals surface area contributed by atoms with Crippen LogP contribution in [0.1, 0.15) is 46.5 Å². The van der Waals surface area contributed by atoms with Crippen molar-refractivity contribution in [3.63, 3.8) is 0 Å². The average molecular weight is 352 g/mol. The molecule has 21 heavy (non-hydrogen) atoms. The summed E-state index contributed by atoms with van der Waals surface area (Å²) in [5, 5.41) is 16.0. The van der Waals surface area contributed by atoms with Crippen molar-refractivity contribution in [3.8, 4) is 0 Å². The van der Waals surface area contributed by atoms with Gasteiger partial charge in [-0.1, -0.05) is 26.7 Å². The van der Waals surface area contributed by atoms with Crippen LogP contribution in [0.15, 0.2) is 0 Å². The van der Waals surface area contributed by atoms with E-state index >= 15 is 0 Å². The standard InChI is InChI=1S/2C4H10O3S.C3H8O2/c2*1-2-3-4-8(5,6)7;1-3(5)2-4/h2*2-4H2,1H3,(H,5,6,7);3-5H,2H2,1H3. The largest absolute Gasteiger partial charge is 0.394 e. The third-order valence-electron chi connectivity index (χ3n) is 1.78. The third-order valence-corrected chi connectivity index (χ3v) is 3.39. The van der Waals surface area contributed by atoms with E-state index in [1.807, 2.05) is 13.8 Å². The molecule has 8 nitrogen and oxygen atoms in total. The van der Waals surface area contributed by atoms with Gasteiger partial charge in [0, 0.05) is 0 Å². The maximum absolute atomic E-state index is 9.95. The molecule has 4 N–H and O–H groups in total. The Hall–Kier alpha value is -0.260. The molecule has 0 fully saturated rings. The Kier molecular flexibility index (Phi) is 17.9. The molecular weight excluding hydrogens is 324 g/mol. The van der Waals surface area contributed by atoms with Crippen molar-refractivity contribution in [3.05, 3.63) is 0 Å². The lowest BCUT2D eigenvalue weighted by atomic mass is 10.4. The zero-order valence-corrected chi connectivity index (χ0v) is 14.4. The molecule has 0 bridgehead atoms. The highest BCUT2D eigenvalue weighted by molar-refractivity contribution is 7.86. The first-order valence-electron chi connectivity index (χ1n) is 6.58. The Morgan fingerprint density at radius 2 is 1.10 bits per heavy atom. The first kappa shape index (κ1) is 25.7. The molecule has 0 aromatic carbocycles. The molecule has 0 heterocycles. The molecule has 0 aliphatic rings. The molecule has 0 saturated heterocycles. The second-order valence-electron chi connectivity index (χ2n) is 4.31. The third kappa shape index (κ3) is 45.1. The molecular formula is C11H28O8S2. The van der Waals surface area contributed by atoms with Crippen molar-refractivity contribution in [1.82, 2.24) is 0 Å². The fourth-order valence-electron chi connectivity index (χ4n) is 0.653. The van der Waals surface area contributed by atoms with E-state index in [0.29, 0.717) is 12.8 Å². The van der Waals surface area contributed by atoms with Crippen molar-refractivity contribution in [2.24, 2.45) is 0 Å². The Morgan fingerprint density at radius 3 is 1.14 bits per heavy atom. The van der Waals surface area contributed by atoms with Gasteiger partial charge in [-0.2, -0.15) is 16.8 Å². The monoisotopic (exact) mass is 352 g/mol. The summed E-state index contributed by atoms with van der Waals surface area (Å²) in [7, 11) is -7.37. The first-order chi connectivity index (χ1) is 9.39. The molecule has 0 saturated carbocycles. The summed E-state index contributed by atoms with van der Waals surface area (Å²) in [5.74, 6) is -0.215. The number of hydrogen-bond donors (Lipinski definition) is 4. The minimum atomic E-state index is -3.69. The van der Waals surface area contributed by atoms with Crippen LogP contribution in [0, 0.1) is 0 Å². The van der Waals surface area contributed by atoms with Gasteiger partial charge in [-0.05, 0) is 19.8 Å². The van der Waals surface area contributed by atoms with Gasteiger partial charge in [-0.25, -0.2) is 0 Å². The Morgan fingerprint density at radius 1 is 0.857 bits per heavy atom. The van der Waals surface area contributed by atoms with E-state index in [1.54, 1.807) is 0 Å². The van der Waals surface area contributed by atoms with E-state index in [2.05, 4.69) is 0 Å². The highest BCUT2D eigenvalue weighted by atomic mass is 32.2. The fourth-order valence-corrected chi connectivity index (χ4v) is 1.96. The minimum absolute atomic E-state index is 0.108. The molecule has 10 heteroatoms. The van der Waals surface area contributed by atoms with E-state index < -0.39 is 26.3 Å². The number of unbranched alkanes of at least 4 members (excludes halogenated alkanes) is 2. The molecule has 0 aliphatic heterocycles. The van der Waals surface area contributed by atoms with Gasteiger partial charge in [0.25, 0.3) is 20.2 Å². The SMILES string of the molecule is CC(O)CO.CCCCS(=O)(=O)O.CCCCS(=O)(=O)O. The second kappa shape index (κ2) is 14.7. The van der Waals surface area contributed by atoms with Crippen molar-refractivity contribution in [1.29, 1.82) is 0 Å². The van der Waals surface area contributed by atoms with Gasteiger partial charge in [0.05, 0.1) is 24.2 Å². The predicted octanol–water partition coefficient (Wildman–Crippen LogP) is 0.708. The quantitative estimate of drug-likeness (QED) is 0.489. The summed E-state index contributed by atoms with van der Waals surface area (Å²) in [4.78, 5) is 0. The topological polar surface area (TPSA) is 149 Å². The highest BCUT2D eigenvalue weighted by Gasteiger charge is 2.00. The molecule has 0 aromatic heterocycles. The average Bonchev–Trinajstić information content (AvgIpc) is 2.33. The van der Waals surface area contributed by atoms with Gasteiger partial charge in [0.15, 0.2) is 0 Å². The maximum atomic E-state index is 9.95. The molecule has 1 unspecified atom stereocenters. The molecule has 0 aliphatic carbocycles. The number of hydrogen-bond acceptors (Lipinski definition) is 6. The summed E-state index contributed by atoms with van der Waals surface area (Å²) < 4.78 is 56.0. The van der Waals surface area contributed by atoms with Crippen LogP contribution in [-0.2, 0) is 20.2 Å². The molecule has 1 atom stereocenters. The van der Waals surface area contributed by atoms with E-state index in [0.717, 1.165) is 12.8 Å².